The Morgan fingerprint density at radius 2 is 1.63 bits per heavy atom. The molecule has 0 spiro atoms. The van der Waals surface area contributed by atoms with Gasteiger partial charge in [-0.3, -0.25) is 9.29 Å². The quantitative estimate of drug-likeness (QED) is 0.601. The molecule has 0 unspecified atom stereocenters. The number of benzene rings is 2. The summed E-state index contributed by atoms with van der Waals surface area (Å²) in [6, 6.07) is 12.8. The second-order valence-corrected chi connectivity index (χ2v) is 8.53. The Morgan fingerprint density at radius 3 is 2.20 bits per heavy atom. The van der Waals surface area contributed by atoms with Gasteiger partial charge in [-0.05, 0) is 80.4 Å². The zero-order valence-corrected chi connectivity index (χ0v) is 17.7. The minimum atomic E-state index is -3.95. The summed E-state index contributed by atoms with van der Waals surface area (Å²) in [7, 11) is -3.95. The van der Waals surface area contributed by atoms with Crippen LogP contribution in [0.25, 0.3) is 0 Å². The monoisotopic (exact) mass is 426 g/mol. The van der Waals surface area contributed by atoms with E-state index in [1.54, 1.807) is 69.6 Å². The Morgan fingerprint density at radius 1 is 1.03 bits per heavy atom. The molecule has 0 aliphatic rings. The second-order valence-electron chi connectivity index (χ2n) is 6.67. The minimum absolute atomic E-state index is 0.0225. The number of carboxylic acids is 1. The fourth-order valence-electron chi connectivity index (χ4n) is 3.04. The van der Waals surface area contributed by atoms with E-state index in [1.165, 1.54) is 16.4 Å². The number of carbonyl (C=O) groups is 1. The molecule has 3 aromatic rings. The predicted molar refractivity (Wildman–Crippen MR) is 114 cm³/mol. The zero-order valence-electron chi connectivity index (χ0n) is 16.9. The van der Waals surface area contributed by atoms with Gasteiger partial charge in [-0.1, -0.05) is 0 Å². The van der Waals surface area contributed by atoms with Crippen LogP contribution in [0, 0.1) is 13.8 Å². The van der Waals surface area contributed by atoms with Crippen LogP contribution in [-0.4, -0.2) is 31.0 Å². The van der Waals surface area contributed by atoms with Crippen LogP contribution in [0.2, 0.25) is 0 Å². The fourth-order valence-corrected chi connectivity index (χ4v) is 4.62. The number of aromatic nitrogens is 1. The summed E-state index contributed by atoms with van der Waals surface area (Å²) in [6.07, 6.45) is 3.23. The van der Waals surface area contributed by atoms with Gasteiger partial charge < -0.3 is 9.84 Å². The van der Waals surface area contributed by atoms with Crippen LogP contribution in [0.1, 0.15) is 28.4 Å². The highest BCUT2D eigenvalue weighted by Crippen LogP contribution is 2.29. The second kappa shape index (κ2) is 8.54. The Bertz CT molecular complexity index is 1160. The predicted octanol–water partition coefficient (Wildman–Crippen LogP) is 4.40. The first-order valence-corrected chi connectivity index (χ1v) is 10.7. The van der Waals surface area contributed by atoms with Gasteiger partial charge in [-0.2, -0.15) is 0 Å². The van der Waals surface area contributed by atoms with Crippen molar-refractivity contribution in [2.75, 3.05) is 10.8 Å². The van der Waals surface area contributed by atoms with Crippen molar-refractivity contribution in [3.8, 4) is 11.5 Å². The molecule has 0 fully saturated rings. The summed E-state index contributed by atoms with van der Waals surface area (Å²) >= 11 is 0. The average Bonchev–Trinajstić information content (AvgIpc) is 2.72. The molecule has 30 heavy (non-hydrogen) atoms. The van der Waals surface area contributed by atoms with Crippen molar-refractivity contribution in [2.45, 2.75) is 25.7 Å². The number of rotatable bonds is 7. The molecule has 0 amide bonds. The van der Waals surface area contributed by atoms with E-state index in [9.17, 15) is 18.3 Å². The van der Waals surface area contributed by atoms with Crippen molar-refractivity contribution in [3.63, 3.8) is 0 Å². The third-order valence-corrected chi connectivity index (χ3v) is 6.64. The van der Waals surface area contributed by atoms with E-state index in [0.717, 1.165) is 0 Å². The number of hydrogen-bond donors (Lipinski definition) is 1. The van der Waals surface area contributed by atoms with Crippen LogP contribution < -0.4 is 9.04 Å². The van der Waals surface area contributed by atoms with Gasteiger partial charge in [-0.25, -0.2) is 13.2 Å². The molecule has 0 aliphatic heterocycles. The van der Waals surface area contributed by atoms with Gasteiger partial charge >= 0.3 is 5.97 Å². The smallest absolute Gasteiger partial charge is 0.336 e. The molecule has 2 aromatic carbocycles. The van der Waals surface area contributed by atoms with Gasteiger partial charge in [0.15, 0.2) is 0 Å². The molecular formula is C22H22N2O5S. The molecule has 3 rings (SSSR count). The molecule has 1 aromatic heterocycles. The zero-order chi connectivity index (χ0) is 21.9. The maximum Gasteiger partial charge on any atom is 0.336 e. The Balaban J connectivity index is 1.94. The van der Waals surface area contributed by atoms with Crippen LogP contribution in [0.3, 0.4) is 0 Å². The van der Waals surface area contributed by atoms with E-state index in [4.69, 9.17) is 4.74 Å². The maximum absolute atomic E-state index is 13.3. The van der Waals surface area contributed by atoms with E-state index < -0.39 is 16.0 Å². The van der Waals surface area contributed by atoms with Crippen LogP contribution in [0.15, 0.2) is 65.8 Å². The first-order valence-electron chi connectivity index (χ1n) is 9.29. The standard InChI is InChI=1S/C22H22N2O5S/c1-4-24(17-5-7-18(8-6-17)29-19-9-11-23-12-10-19)30(27,28)20-13-15(2)16(3)21(14-20)22(25)26/h5-14H,4H2,1-3H3,(H,25,26). The summed E-state index contributed by atoms with van der Waals surface area (Å²) in [5, 5.41) is 9.42. The highest BCUT2D eigenvalue weighted by molar-refractivity contribution is 7.92. The average molecular weight is 426 g/mol. The van der Waals surface area contributed by atoms with Crippen LogP contribution >= 0.6 is 0 Å². The summed E-state index contributed by atoms with van der Waals surface area (Å²) in [6.45, 7) is 5.26. The molecule has 0 bridgehead atoms. The molecular weight excluding hydrogens is 404 g/mol. The number of ether oxygens (including phenoxy) is 1. The Hall–Kier alpha value is -3.39. The highest BCUT2D eigenvalue weighted by atomic mass is 32.2. The molecule has 0 aliphatic carbocycles. The number of sulfonamides is 1. The van der Waals surface area contributed by atoms with Crippen molar-refractivity contribution in [3.05, 3.63) is 77.6 Å². The molecule has 156 valence electrons. The van der Waals surface area contributed by atoms with Crippen molar-refractivity contribution in [2.24, 2.45) is 0 Å². The first kappa shape index (κ1) is 21.3. The van der Waals surface area contributed by atoms with E-state index in [2.05, 4.69) is 4.98 Å². The normalized spacial score (nSPS) is 11.2. The minimum Gasteiger partial charge on any atom is -0.478 e. The molecule has 8 heteroatoms. The summed E-state index contributed by atoms with van der Waals surface area (Å²) in [5.41, 5.74) is 1.58. The summed E-state index contributed by atoms with van der Waals surface area (Å²) in [4.78, 5) is 15.4. The van der Waals surface area contributed by atoms with Crippen LogP contribution in [0.5, 0.6) is 11.5 Å². The van der Waals surface area contributed by atoms with Gasteiger partial charge in [0, 0.05) is 18.9 Å². The number of pyridine rings is 1. The lowest BCUT2D eigenvalue weighted by molar-refractivity contribution is 0.0695. The lowest BCUT2D eigenvalue weighted by atomic mass is 10.0. The van der Waals surface area contributed by atoms with E-state index in [1.807, 2.05) is 0 Å². The molecule has 1 N–H and O–H groups in total. The Labute approximate surface area is 175 Å². The van der Waals surface area contributed by atoms with Crippen molar-refractivity contribution >= 4 is 21.7 Å². The van der Waals surface area contributed by atoms with Gasteiger partial charge in [0.2, 0.25) is 0 Å². The van der Waals surface area contributed by atoms with Gasteiger partial charge in [0.05, 0.1) is 16.1 Å². The third-order valence-electron chi connectivity index (χ3n) is 4.76. The molecule has 0 saturated heterocycles. The topological polar surface area (TPSA) is 96.8 Å². The van der Waals surface area contributed by atoms with Gasteiger partial charge in [-0.15, -0.1) is 0 Å². The largest absolute Gasteiger partial charge is 0.478 e. The molecule has 0 saturated carbocycles. The summed E-state index contributed by atoms with van der Waals surface area (Å²) in [5.74, 6) is 0.0140. The molecule has 0 radical (unpaired) electrons. The lowest BCUT2D eigenvalue weighted by Crippen LogP contribution is -2.31. The number of anilines is 1. The van der Waals surface area contributed by atoms with E-state index in [0.29, 0.717) is 28.3 Å². The third kappa shape index (κ3) is 4.28. The SMILES string of the molecule is CCN(c1ccc(Oc2ccncc2)cc1)S(=O)(=O)c1cc(C)c(C)c(C(=O)O)c1. The summed E-state index contributed by atoms with van der Waals surface area (Å²) < 4.78 is 33.5. The molecule has 0 atom stereocenters. The number of aryl methyl sites for hydroxylation is 1. The molecule has 1 heterocycles. The Kier molecular flexibility index (Phi) is 6.07. The molecule has 7 nitrogen and oxygen atoms in total. The van der Waals surface area contributed by atoms with Crippen molar-refractivity contribution < 1.29 is 23.1 Å². The maximum atomic E-state index is 13.3. The van der Waals surface area contributed by atoms with Gasteiger partial charge in [0.25, 0.3) is 10.0 Å². The van der Waals surface area contributed by atoms with E-state index >= 15 is 0 Å². The van der Waals surface area contributed by atoms with E-state index in [-0.39, 0.29) is 17.0 Å². The number of aromatic carboxylic acids is 1. The highest BCUT2D eigenvalue weighted by Gasteiger charge is 2.26. The van der Waals surface area contributed by atoms with Crippen molar-refractivity contribution in [1.82, 2.24) is 4.98 Å². The number of nitrogens with zero attached hydrogens (tertiary/aromatic N) is 2. The van der Waals surface area contributed by atoms with Crippen molar-refractivity contribution in [1.29, 1.82) is 0 Å². The van der Waals surface area contributed by atoms with Crippen LogP contribution in [0.4, 0.5) is 5.69 Å². The fraction of sp³-hybridized carbons (Fsp3) is 0.182. The van der Waals surface area contributed by atoms with Crippen LogP contribution in [-0.2, 0) is 10.0 Å². The number of hydrogen-bond acceptors (Lipinski definition) is 5. The first-order chi connectivity index (χ1) is 14.2. The van der Waals surface area contributed by atoms with Gasteiger partial charge in [0.1, 0.15) is 11.5 Å². The number of carboxylic acid groups (broad SMARTS) is 1. The lowest BCUT2D eigenvalue weighted by Gasteiger charge is -2.24.